The van der Waals surface area contributed by atoms with E-state index in [0.29, 0.717) is 46.9 Å². The Morgan fingerprint density at radius 3 is 1.40 bits per heavy atom. The molecule has 0 spiro atoms. The summed E-state index contributed by atoms with van der Waals surface area (Å²) in [4.78, 5) is 174. The molecule has 0 aliphatic carbocycles. The SMILES string of the molecule is CC[C@@H](C)[C@H](NC(=O)[C@H](CC(=O)O)NC(=O)[C@H](CCCCN)NC(=O)[C@H](CCCN=C(N)N)NC(=O)[C@H](Cc1ccccc1)NC(=O)[C@@H](N)CC(=O)O)C(=O)NCC(=O)N[C@@H](Cc1c[nH]c2ccccc12)C(=O)N[C@@H](CCCCN)C(=O)N[C@@H](Cc1c[nH]c2ccccc12)C(=O)O. The zero-order valence-electron chi connectivity index (χ0n) is 54.2. The number of benzene rings is 3. The topological polar surface area (TPSA) is 548 Å². The van der Waals surface area contributed by atoms with Gasteiger partial charge in [-0.1, -0.05) is 87.0 Å². The summed E-state index contributed by atoms with van der Waals surface area (Å²) in [5, 5.41) is 54.0. The summed E-state index contributed by atoms with van der Waals surface area (Å²) < 4.78 is 0. The highest BCUT2D eigenvalue weighted by Gasteiger charge is 2.36. The number of H-pyrrole nitrogens is 2. The third kappa shape index (κ3) is 25.3. The zero-order valence-corrected chi connectivity index (χ0v) is 54.2. The molecule has 0 unspecified atom stereocenters. The number of carboxylic acid groups (broad SMARTS) is 3. The molecule has 32 nitrogen and oxygen atoms in total. The summed E-state index contributed by atoms with van der Waals surface area (Å²) in [6, 6.07) is 9.30. The Balaban J connectivity index is 1.33. The Labute approximate surface area is 559 Å². The first-order valence-electron chi connectivity index (χ1n) is 32.0. The van der Waals surface area contributed by atoms with Crippen molar-refractivity contribution in [2.75, 3.05) is 26.2 Å². The number of fused-ring (bicyclic) bond motifs is 2. The van der Waals surface area contributed by atoms with Crippen LogP contribution in [0.3, 0.4) is 0 Å². The number of nitrogens with one attached hydrogen (secondary N) is 11. The van der Waals surface area contributed by atoms with Crippen LogP contribution in [0.4, 0.5) is 0 Å². The lowest BCUT2D eigenvalue weighted by molar-refractivity contribution is -0.142. The van der Waals surface area contributed by atoms with Gasteiger partial charge in [0.15, 0.2) is 5.96 Å². The van der Waals surface area contributed by atoms with E-state index in [1.165, 1.54) is 0 Å². The van der Waals surface area contributed by atoms with Crippen LogP contribution >= 0.6 is 0 Å². The second-order valence-electron chi connectivity index (χ2n) is 23.6. The number of para-hydroxylation sites is 2. The van der Waals surface area contributed by atoms with Crippen molar-refractivity contribution in [2.24, 2.45) is 39.6 Å². The first kappa shape index (κ1) is 77.2. The van der Waals surface area contributed by atoms with Gasteiger partial charge in [-0.3, -0.25) is 57.7 Å². The molecule has 5 aromatic rings. The van der Waals surface area contributed by atoms with Crippen LogP contribution in [0.25, 0.3) is 21.8 Å². The van der Waals surface area contributed by atoms with Crippen LogP contribution in [0.2, 0.25) is 0 Å². The van der Waals surface area contributed by atoms with E-state index in [2.05, 4.69) is 62.8 Å². The number of nitrogens with two attached hydrogens (primary N) is 5. The highest BCUT2D eigenvalue weighted by molar-refractivity contribution is 5.99. The van der Waals surface area contributed by atoms with Gasteiger partial charge in [-0.25, -0.2) is 4.79 Å². The quantitative estimate of drug-likeness (QED) is 0.0119. The van der Waals surface area contributed by atoms with Gasteiger partial charge in [0.2, 0.25) is 53.2 Å². The van der Waals surface area contributed by atoms with Crippen molar-refractivity contribution in [2.45, 2.75) is 158 Å². The second kappa shape index (κ2) is 39.4. The average molecular weight is 1350 g/mol. The molecule has 32 heteroatoms. The third-order valence-electron chi connectivity index (χ3n) is 16.1. The number of aliphatic carboxylic acids is 3. The number of carbonyl (C=O) groups is 12. The van der Waals surface area contributed by atoms with Crippen LogP contribution < -0.4 is 76.5 Å². The number of hydrogen-bond donors (Lipinski definition) is 19. The molecule has 2 heterocycles. The molecule has 0 aliphatic heterocycles. The summed E-state index contributed by atoms with van der Waals surface area (Å²) in [5.41, 5.74) is 31.7. The van der Waals surface area contributed by atoms with E-state index in [0.717, 1.165) is 10.9 Å². The number of aromatic amines is 2. The number of nitrogens with zero attached hydrogens (tertiary/aromatic N) is 1. The van der Waals surface area contributed by atoms with E-state index in [4.69, 9.17) is 28.7 Å². The maximum Gasteiger partial charge on any atom is 0.326 e. The van der Waals surface area contributed by atoms with Crippen molar-refractivity contribution in [3.8, 4) is 0 Å². The van der Waals surface area contributed by atoms with Gasteiger partial charge in [-0.15, -0.1) is 0 Å². The Kier molecular flexibility index (Phi) is 31.4. The second-order valence-corrected chi connectivity index (χ2v) is 23.6. The smallest absolute Gasteiger partial charge is 0.326 e. The number of carboxylic acids is 3. The summed E-state index contributed by atoms with van der Waals surface area (Å²) in [6.07, 6.45) is 2.51. The molecule has 0 fully saturated rings. The Hall–Kier alpha value is -10.5. The molecular weight excluding hydrogens is 1260 g/mol. The third-order valence-corrected chi connectivity index (χ3v) is 16.1. The number of unbranched alkanes of at least 4 members (excludes halogenated alkanes) is 2. The van der Waals surface area contributed by atoms with Crippen LogP contribution in [-0.2, 0) is 76.8 Å². The highest BCUT2D eigenvalue weighted by atomic mass is 16.4. The maximum atomic E-state index is 14.5. The normalized spacial score (nSPS) is 14.2. The minimum Gasteiger partial charge on any atom is -0.481 e. The molecule has 3 aromatic carbocycles. The largest absolute Gasteiger partial charge is 0.481 e. The van der Waals surface area contributed by atoms with Crippen molar-refractivity contribution in [1.82, 2.24) is 57.8 Å². The molecule has 0 saturated heterocycles. The fraction of sp³-hybridized carbons (Fsp3) is 0.462. The van der Waals surface area contributed by atoms with E-state index >= 15 is 0 Å². The molecule has 526 valence electrons. The Morgan fingerprint density at radius 2 is 0.918 bits per heavy atom. The van der Waals surface area contributed by atoms with Gasteiger partial charge in [0.25, 0.3) is 0 Å². The molecule has 10 atom stereocenters. The Bertz CT molecular complexity index is 3540. The fourth-order valence-corrected chi connectivity index (χ4v) is 10.6. The van der Waals surface area contributed by atoms with Crippen LogP contribution in [0, 0.1) is 5.92 Å². The number of rotatable bonds is 43. The van der Waals surface area contributed by atoms with Crippen LogP contribution in [0.5, 0.6) is 0 Å². The molecule has 0 aliphatic rings. The number of aromatic nitrogens is 2. The number of hydrogen-bond acceptors (Lipinski definition) is 16. The highest BCUT2D eigenvalue weighted by Crippen LogP contribution is 2.22. The number of carbonyl (C=O) groups excluding carboxylic acids is 9. The van der Waals surface area contributed by atoms with Crippen molar-refractivity contribution < 1.29 is 72.9 Å². The predicted molar refractivity (Wildman–Crippen MR) is 358 cm³/mol. The van der Waals surface area contributed by atoms with Gasteiger partial charge >= 0.3 is 17.9 Å². The van der Waals surface area contributed by atoms with E-state index in [-0.39, 0.29) is 83.4 Å². The minimum absolute atomic E-state index is 0.0220. The summed E-state index contributed by atoms with van der Waals surface area (Å²) in [6.45, 7) is 2.87. The van der Waals surface area contributed by atoms with E-state index in [1.807, 2.05) is 18.2 Å². The molecule has 97 heavy (non-hydrogen) atoms. The van der Waals surface area contributed by atoms with E-state index < -0.39 is 151 Å². The van der Waals surface area contributed by atoms with Crippen LogP contribution in [0.15, 0.2) is 96.2 Å². The van der Waals surface area contributed by atoms with E-state index in [1.54, 1.807) is 86.9 Å². The van der Waals surface area contributed by atoms with Crippen LogP contribution in [-0.4, -0.2) is 183 Å². The fourth-order valence-electron chi connectivity index (χ4n) is 10.6. The van der Waals surface area contributed by atoms with Gasteiger partial charge < -0.3 is 102 Å². The molecule has 0 radical (unpaired) electrons. The van der Waals surface area contributed by atoms with E-state index in [9.17, 15) is 72.9 Å². The minimum atomic E-state index is -1.90. The monoisotopic (exact) mass is 1350 g/mol. The van der Waals surface area contributed by atoms with Gasteiger partial charge in [-0.05, 0) is 99.2 Å². The Morgan fingerprint density at radius 1 is 0.485 bits per heavy atom. The lowest BCUT2D eigenvalue weighted by Gasteiger charge is -2.28. The maximum absolute atomic E-state index is 14.5. The van der Waals surface area contributed by atoms with Crippen molar-refractivity contribution in [3.05, 3.63) is 108 Å². The molecule has 0 saturated carbocycles. The molecule has 9 amide bonds. The predicted octanol–water partition coefficient (Wildman–Crippen LogP) is -1.61. The van der Waals surface area contributed by atoms with Gasteiger partial charge in [0.1, 0.15) is 48.3 Å². The van der Waals surface area contributed by atoms with Crippen molar-refractivity contribution >= 4 is 98.8 Å². The molecular formula is C65H91N17O15. The summed E-state index contributed by atoms with van der Waals surface area (Å²) in [5.74, 6) is -13.8. The van der Waals surface area contributed by atoms with Gasteiger partial charge in [-0.2, -0.15) is 0 Å². The molecule has 5 rings (SSSR count). The van der Waals surface area contributed by atoms with Crippen LogP contribution in [0.1, 0.15) is 101 Å². The summed E-state index contributed by atoms with van der Waals surface area (Å²) in [7, 11) is 0. The zero-order chi connectivity index (χ0) is 71.1. The number of guanidine groups is 1. The first-order valence-corrected chi connectivity index (χ1v) is 32.0. The lowest BCUT2D eigenvalue weighted by Crippen LogP contribution is -2.60. The average Bonchev–Trinajstić information content (AvgIpc) is 1.81. The molecule has 2 aromatic heterocycles. The van der Waals surface area contributed by atoms with Crippen molar-refractivity contribution in [3.63, 3.8) is 0 Å². The first-order chi connectivity index (χ1) is 46.3. The number of aliphatic imine (C=N–C) groups is 1. The number of amides is 9. The molecule has 0 bridgehead atoms. The standard InChI is InChI=1S/C65H91N17O15/c1-3-36(2)55(63(95)74-35-52(83)75-49(29-38-33-72-43-20-9-7-18-40(38)43)61(93)77-46(23-12-14-26-67)59(91)81-51(64(96)97)30-39-34-73-44-21-10-8-19-41(39)44)82-62(94)50(32-54(86)87)80-58(90)45(22-11-13-25-66)76-57(89)47(24-15-27-71-65(69)70)78-60(92)48(28-37-16-5-4-6-17-37)79-56(88)42(68)31-53(84)85/h4-10,16-21,33-34,36,42,45-51,55,72-73H,3,11-15,22-32,35,66-68H2,1-2H3,(H,74,95)(H,75,83)(H,76,89)(H,77,93)(H,78,92)(H,79,88)(H,80,90)(H,81,91)(H,82,94)(H,84,85)(H,86,87)(H,96,97)(H4,69,70,71)/t36-,42+,45+,46+,47+,48+,49+,50+,51+,55+/m1/s1. The van der Waals surface area contributed by atoms with Gasteiger partial charge in [0.05, 0.1) is 25.4 Å². The molecule has 24 N–H and O–H groups in total. The van der Waals surface area contributed by atoms with Gasteiger partial charge in [0, 0.05) is 60.0 Å². The summed E-state index contributed by atoms with van der Waals surface area (Å²) >= 11 is 0. The lowest BCUT2D eigenvalue weighted by atomic mass is 9.97. The van der Waals surface area contributed by atoms with Crippen molar-refractivity contribution in [1.29, 1.82) is 0 Å².